The predicted octanol–water partition coefficient (Wildman–Crippen LogP) is 4.00. The maximum Gasteiger partial charge on any atom is 0.0669 e. The van der Waals surface area contributed by atoms with Gasteiger partial charge in [0.05, 0.1) is 12.5 Å². The molecule has 1 aromatic rings. The minimum atomic E-state index is 0.514. The Morgan fingerprint density at radius 1 is 1.00 bits per heavy atom. The van der Waals surface area contributed by atoms with Crippen LogP contribution in [-0.2, 0) is 6.42 Å². The van der Waals surface area contributed by atoms with Crippen LogP contribution in [0.1, 0.15) is 56.2 Å². The van der Waals surface area contributed by atoms with E-state index in [1.54, 1.807) is 0 Å². The third-order valence-electron chi connectivity index (χ3n) is 2.65. The zero-order chi connectivity index (χ0) is 11.4. The van der Waals surface area contributed by atoms with Gasteiger partial charge in [0.25, 0.3) is 0 Å². The molecule has 0 aliphatic carbocycles. The molecule has 0 N–H and O–H groups in total. The third-order valence-corrected chi connectivity index (χ3v) is 2.65. The van der Waals surface area contributed by atoms with Crippen molar-refractivity contribution in [1.29, 1.82) is 5.26 Å². The smallest absolute Gasteiger partial charge is 0.0669 e. The summed E-state index contributed by atoms with van der Waals surface area (Å²) in [5.41, 5.74) is 3.82. The molecule has 0 heterocycles. The number of rotatable bonds is 3. The van der Waals surface area contributed by atoms with Crippen LogP contribution in [0.4, 0.5) is 0 Å². The highest BCUT2D eigenvalue weighted by Crippen LogP contribution is 2.23. The fraction of sp³-hybridized carbons (Fsp3) is 0.500. The van der Waals surface area contributed by atoms with Crippen molar-refractivity contribution in [2.75, 3.05) is 0 Å². The summed E-state index contributed by atoms with van der Waals surface area (Å²) in [4.78, 5) is 0. The van der Waals surface area contributed by atoms with Gasteiger partial charge in [-0.05, 0) is 28.5 Å². The van der Waals surface area contributed by atoms with E-state index < -0.39 is 0 Å². The molecular formula is C14H19N. The van der Waals surface area contributed by atoms with Gasteiger partial charge in [-0.25, -0.2) is 0 Å². The number of benzene rings is 1. The maximum atomic E-state index is 8.73. The van der Waals surface area contributed by atoms with Crippen LogP contribution in [0.25, 0.3) is 0 Å². The molecule has 0 aliphatic rings. The quantitative estimate of drug-likeness (QED) is 0.725. The lowest BCUT2D eigenvalue weighted by molar-refractivity contribution is 0.829. The molecular weight excluding hydrogens is 182 g/mol. The molecule has 1 nitrogen and oxygen atoms in total. The van der Waals surface area contributed by atoms with E-state index in [2.05, 4.69) is 52.0 Å². The summed E-state index contributed by atoms with van der Waals surface area (Å²) in [6.45, 7) is 8.76. The summed E-state index contributed by atoms with van der Waals surface area (Å²) in [6.07, 6.45) is 0.514. The minimum Gasteiger partial charge on any atom is -0.198 e. The molecule has 0 amide bonds. The lowest BCUT2D eigenvalue weighted by atomic mass is 9.92. The van der Waals surface area contributed by atoms with Crippen molar-refractivity contribution in [3.05, 3.63) is 34.9 Å². The molecule has 1 aromatic carbocycles. The van der Waals surface area contributed by atoms with Crippen LogP contribution in [0.5, 0.6) is 0 Å². The molecule has 0 aliphatic heterocycles. The molecule has 0 saturated carbocycles. The van der Waals surface area contributed by atoms with Crippen LogP contribution in [-0.4, -0.2) is 0 Å². The fourth-order valence-electron chi connectivity index (χ4n) is 1.61. The van der Waals surface area contributed by atoms with Gasteiger partial charge in [0.15, 0.2) is 0 Å². The lowest BCUT2D eigenvalue weighted by Crippen LogP contribution is -1.96. The molecule has 0 spiro atoms. The van der Waals surface area contributed by atoms with Gasteiger partial charge < -0.3 is 0 Å². The first-order valence-electron chi connectivity index (χ1n) is 5.55. The molecule has 0 fully saturated rings. The second-order valence-electron chi connectivity index (χ2n) is 4.65. The zero-order valence-corrected chi connectivity index (χ0v) is 10.0. The number of hydrogen-bond donors (Lipinski definition) is 0. The Morgan fingerprint density at radius 3 is 1.80 bits per heavy atom. The Kier molecular flexibility index (Phi) is 3.91. The molecule has 0 aromatic heterocycles. The number of hydrogen-bond acceptors (Lipinski definition) is 1. The monoisotopic (exact) mass is 201 g/mol. The molecule has 0 radical (unpaired) electrons. The highest BCUT2D eigenvalue weighted by Gasteiger charge is 2.06. The van der Waals surface area contributed by atoms with Gasteiger partial charge in [-0.3, -0.25) is 0 Å². The van der Waals surface area contributed by atoms with Crippen molar-refractivity contribution in [3.63, 3.8) is 0 Å². The van der Waals surface area contributed by atoms with Crippen LogP contribution in [0.3, 0.4) is 0 Å². The Morgan fingerprint density at radius 2 is 1.47 bits per heavy atom. The highest BCUT2D eigenvalue weighted by atomic mass is 14.2. The van der Waals surface area contributed by atoms with E-state index in [0.29, 0.717) is 18.3 Å². The van der Waals surface area contributed by atoms with Crippen molar-refractivity contribution in [2.24, 2.45) is 0 Å². The number of nitrogens with zero attached hydrogens (tertiary/aromatic N) is 1. The topological polar surface area (TPSA) is 23.8 Å². The summed E-state index contributed by atoms with van der Waals surface area (Å²) in [5, 5.41) is 8.73. The second kappa shape index (κ2) is 4.98. The van der Waals surface area contributed by atoms with Gasteiger partial charge in [-0.1, -0.05) is 45.9 Å². The van der Waals surface area contributed by atoms with Gasteiger partial charge in [-0.15, -0.1) is 0 Å². The Labute approximate surface area is 92.7 Å². The molecule has 1 rings (SSSR count). The normalized spacial score (nSPS) is 10.7. The SMILES string of the molecule is CC(C)c1cc(CC#N)cc(C(C)C)c1. The summed E-state index contributed by atoms with van der Waals surface area (Å²) in [6, 6.07) is 8.78. The van der Waals surface area contributed by atoms with Gasteiger partial charge in [0, 0.05) is 0 Å². The third kappa shape index (κ3) is 3.09. The second-order valence-corrected chi connectivity index (χ2v) is 4.65. The van der Waals surface area contributed by atoms with E-state index in [0.717, 1.165) is 5.56 Å². The summed E-state index contributed by atoms with van der Waals surface area (Å²) < 4.78 is 0. The van der Waals surface area contributed by atoms with E-state index in [1.807, 2.05) is 0 Å². The van der Waals surface area contributed by atoms with Crippen molar-refractivity contribution < 1.29 is 0 Å². The van der Waals surface area contributed by atoms with Crippen LogP contribution < -0.4 is 0 Å². The molecule has 1 heteroatoms. The first kappa shape index (κ1) is 11.8. The van der Waals surface area contributed by atoms with Crippen molar-refractivity contribution >= 4 is 0 Å². The predicted molar refractivity (Wildman–Crippen MR) is 63.9 cm³/mol. The van der Waals surface area contributed by atoms with Gasteiger partial charge in [0.2, 0.25) is 0 Å². The van der Waals surface area contributed by atoms with Gasteiger partial charge >= 0.3 is 0 Å². The minimum absolute atomic E-state index is 0.514. The highest BCUT2D eigenvalue weighted by molar-refractivity contribution is 5.34. The van der Waals surface area contributed by atoms with Crippen molar-refractivity contribution in [1.82, 2.24) is 0 Å². The first-order chi connectivity index (χ1) is 7.04. The Hall–Kier alpha value is -1.29. The molecule has 0 saturated heterocycles. The molecule has 15 heavy (non-hydrogen) atoms. The average molecular weight is 201 g/mol. The van der Waals surface area contributed by atoms with E-state index >= 15 is 0 Å². The van der Waals surface area contributed by atoms with Crippen LogP contribution in [0.15, 0.2) is 18.2 Å². The van der Waals surface area contributed by atoms with Gasteiger partial charge in [0.1, 0.15) is 0 Å². The standard InChI is InChI=1S/C14H19N/c1-10(2)13-7-12(5-6-15)8-14(9-13)11(3)4/h7-11H,5H2,1-4H3. The summed E-state index contributed by atoms with van der Waals surface area (Å²) >= 11 is 0. The average Bonchev–Trinajstić information content (AvgIpc) is 2.17. The fourth-order valence-corrected chi connectivity index (χ4v) is 1.61. The lowest BCUT2D eigenvalue weighted by Gasteiger charge is -2.13. The van der Waals surface area contributed by atoms with Crippen LogP contribution in [0.2, 0.25) is 0 Å². The van der Waals surface area contributed by atoms with E-state index in [1.165, 1.54) is 11.1 Å². The molecule has 0 unspecified atom stereocenters. The zero-order valence-electron chi connectivity index (χ0n) is 10.0. The largest absolute Gasteiger partial charge is 0.198 e. The van der Waals surface area contributed by atoms with Crippen LogP contribution in [0, 0.1) is 11.3 Å². The molecule has 80 valence electrons. The van der Waals surface area contributed by atoms with E-state index in [-0.39, 0.29) is 0 Å². The maximum absolute atomic E-state index is 8.73. The molecule has 0 bridgehead atoms. The van der Waals surface area contributed by atoms with E-state index in [4.69, 9.17) is 5.26 Å². The molecule has 0 atom stereocenters. The Bertz CT molecular complexity index is 343. The van der Waals surface area contributed by atoms with Crippen molar-refractivity contribution in [3.8, 4) is 6.07 Å². The van der Waals surface area contributed by atoms with Crippen LogP contribution >= 0.6 is 0 Å². The van der Waals surface area contributed by atoms with Crippen molar-refractivity contribution in [2.45, 2.75) is 46.0 Å². The summed E-state index contributed by atoms with van der Waals surface area (Å²) in [5.74, 6) is 1.06. The van der Waals surface area contributed by atoms with E-state index in [9.17, 15) is 0 Å². The van der Waals surface area contributed by atoms with Gasteiger partial charge in [-0.2, -0.15) is 5.26 Å². The first-order valence-corrected chi connectivity index (χ1v) is 5.55. The number of nitriles is 1. The Balaban J connectivity index is 3.15. The summed E-state index contributed by atoms with van der Waals surface area (Å²) in [7, 11) is 0.